The maximum absolute atomic E-state index is 12.6. The van der Waals surface area contributed by atoms with Gasteiger partial charge >= 0.3 is 5.69 Å². The van der Waals surface area contributed by atoms with E-state index in [4.69, 9.17) is 4.74 Å². The molecular weight excluding hydrogens is 360 g/mol. The number of methoxy groups -OCH3 is 1. The van der Waals surface area contributed by atoms with E-state index < -0.39 is 11.2 Å². The summed E-state index contributed by atoms with van der Waals surface area (Å²) in [4.78, 5) is 27.9. The zero-order valence-corrected chi connectivity index (χ0v) is 13.4. The Morgan fingerprint density at radius 3 is 2.71 bits per heavy atom. The molecule has 1 N–H and O–H groups in total. The molecule has 0 atom stereocenters. The van der Waals surface area contributed by atoms with Crippen LogP contribution in [0, 0.1) is 6.92 Å². The third-order valence-electron chi connectivity index (χ3n) is 2.99. The molecule has 108 valence electrons. The lowest BCUT2D eigenvalue weighted by Crippen LogP contribution is -2.34. The van der Waals surface area contributed by atoms with Crippen LogP contribution in [0.1, 0.15) is 5.56 Å². The highest BCUT2D eigenvalue weighted by molar-refractivity contribution is 9.11. The van der Waals surface area contributed by atoms with Gasteiger partial charge in [0.05, 0.1) is 16.3 Å². The number of aryl methyl sites for hydroxylation is 1. The van der Waals surface area contributed by atoms with E-state index in [9.17, 15) is 9.59 Å². The Morgan fingerprint density at radius 1 is 1.33 bits per heavy atom. The molecule has 0 fully saturated rings. The van der Waals surface area contributed by atoms with E-state index in [0.717, 1.165) is 13.9 Å². The summed E-state index contributed by atoms with van der Waals surface area (Å²) in [5, 5.41) is 8.08. The molecule has 0 saturated carbocycles. The number of aromatic nitrogens is 4. The molecule has 0 aliphatic carbocycles. The van der Waals surface area contributed by atoms with Crippen molar-refractivity contribution in [3.63, 3.8) is 0 Å². The zero-order chi connectivity index (χ0) is 15.1. The van der Waals surface area contributed by atoms with Gasteiger partial charge in [-0.05, 0) is 34.5 Å². The minimum atomic E-state index is -0.555. The SMILES string of the molecule is COc1ccc(-n2c(=O)[nH]c3sc(Br)c(C)c3c2=O)nn1. The number of hydrogen-bond acceptors (Lipinski definition) is 6. The maximum atomic E-state index is 12.6. The van der Waals surface area contributed by atoms with Gasteiger partial charge in [0, 0.05) is 6.07 Å². The number of H-pyrrole nitrogens is 1. The van der Waals surface area contributed by atoms with Crippen LogP contribution in [0.3, 0.4) is 0 Å². The van der Waals surface area contributed by atoms with E-state index in [1.54, 1.807) is 0 Å². The average molecular weight is 369 g/mol. The summed E-state index contributed by atoms with van der Waals surface area (Å²) in [5.41, 5.74) is -0.195. The number of aromatic amines is 1. The number of ether oxygens (including phenoxy) is 1. The molecule has 0 aliphatic heterocycles. The summed E-state index contributed by atoms with van der Waals surface area (Å²) in [7, 11) is 1.46. The third kappa shape index (κ3) is 2.18. The second kappa shape index (κ2) is 5.08. The number of rotatable bonds is 2. The van der Waals surface area contributed by atoms with Crippen molar-refractivity contribution in [3.05, 3.63) is 42.3 Å². The summed E-state index contributed by atoms with van der Waals surface area (Å²) in [6.07, 6.45) is 0. The Bertz CT molecular complexity index is 942. The molecule has 3 heterocycles. The third-order valence-corrected chi connectivity index (χ3v) is 5.07. The number of thiophene rings is 1. The van der Waals surface area contributed by atoms with Gasteiger partial charge in [-0.3, -0.25) is 9.78 Å². The monoisotopic (exact) mass is 368 g/mol. The Kier molecular flexibility index (Phi) is 3.38. The van der Waals surface area contributed by atoms with Gasteiger partial charge in [-0.1, -0.05) is 0 Å². The summed E-state index contributed by atoms with van der Waals surface area (Å²) in [6, 6.07) is 3.04. The first-order valence-electron chi connectivity index (χ1n) is 5.85. The standard InChI is InChI=1S/C12H9BrN4O3S/c1-5-8-10(21-9(5)13)14-12(19)17(11(8)18)6-3-4-7(20-2)16-15-6/h3-4H,1-2H3,(H,14,19). The van der Waals surface area contributed by atoms with Crippen LogP contribution < -0.4 is 16.0 Å². The first-order valence-corrected chi connectivity index (χ1v) is 7.46. The molecule has 0 aromatic carbocycles. The number of nitrogens with zero attached hydrogens (tertiary/aromatic N) is 3. The van der Waals surface area contributed by atoms with E-state index in [-0.39, 0.29) is 5.82 Å². The molecule has 21 heavy (non-hydrogen) atoms. The summed E-state index contributed by atoms with van der Waals surface area (Å²) in [6.45, 7) is 1.81. The molecule has 0 bridgehead atoms. The van der Waals surface area contributed by atoms with Crippen molar-refractivity contribution in [1.82, 2.24) is 19.7 Å². The molecular formula is C12H9BrN4O3S. The van der Waals surface area contributed by atoms with Crippen LogP contribution in [0.5, 0.6) is 5.88 Å². The van der Waals surface area contributed by atoms with Gasteiger partial charge in [-0.2, -0.15) is 0 Å². The fourth-order valence-electron chi connectivity index (χ4n) is 1.94. The molecule has 3 aromatic heterocycles. The highest BCUT2D eigenvalue weighted by Crippen LogP contribution is 2.30. The van der Waals surface area contributed by atoms with E-state index in [1.807, 2.05) is 6.92 Å². The lowest BCUT2D eigenvalue weighted by molar-refractivity contribution is 0.391. The highest BCUT2D eigenvalue weighted by atomic mass is 79.9. The van der Waals surface area contributed by atoms with Gasteiger partial charge in [-0.25, -0.2) is 9.36 Å². The predicted molar refractivity (Wildman–Crippen MR) is 82.6 cm³/mol. The van der Waals surface area contributed by atoms with Gasteiger partial charge in [-0.15, -0.1) is 21.5 Å². The van der Waals surface area contributed by atoms with Crippen LogP contribution in [0.15, 0.2) is 25.5 Å². The van der Waals surface area contributed by atoms with Crippen molar-refractivity contribution in [1.29, 1.82) is 0 Å². The molecule has 9 heteroatoms. The van der Waals surface area contributed by atoms with Gasteiger partial charge < -0.3 is 4.74 Å². The molecule has 0 aliphatic rings. The number of nitrogens with one attached hydrogen (secondary N) is 1. The molecule has 0 unspecified atom stereocenters. The zero-order valence-electron chi connectivity index (χ0n) is 11.0. The average Bonchev–Trinajstić information content (AvgIpc) is 2.74. The van der Waals surface area contributed by atoms with Gasteiger partial charge in [0.1, 0.15) is 4.83 Å². The largest absolute Gasteiger partial charge is 0.480 e. The second-order valence-corrected chi connectivity index (χ2v) is 6.55. The van der Waals surface area contributed by atoms with Crippen molar-refractivity contribution in [2.45, 2.75) is 6.92 Å². The van der Waals surface area contributed by atoms with Crippen LogP contribution >= 0.6 is 27.3 Å². The summed E-state index contributed by atoms with van der Waals surface area (Å²) < 4.78 is 6.68. The first-order chi connectivity index (χ1) is 10.0. The van der Waals surface area contributed by atoms with E-state index in [0.29, 0.717) is 16.1 Å². The minimum absolute atomic E-state index is 0.144. The van der Waals surface area contributed by atoms with Crippen molar-refractivity contribution in [2.24, 2.45) is 0 Å². The molecule has 0 spiro atoms. The second-order valence-electron chi connectivity index (χ2n) is 4.21. The van der Waals surface area contributed by atoms with Crippen molar-refractivity contribution >= 4 is 37.5 Å². The summed E-state index contributed by atoms with van der Waals surface area (Å²) >= 11 is 4.68. The fourth-order valence-corrected chi connectivity index (χ4v) is 3.54. The highest BCUT2D eigenvalue weighted by Gasteiger charge is 2.16. The molecule has 3 aromatic rings. The number of fused-ring (bicyclic) bond motifs is 1. The van der Waals surface area contributed by atoms with E-state index in [2.05, 4.69) is 31.1 Å². The number of hydrogen-bond donors (Lipinski definition) is 1. The van der Waals surface area contributed by atoms with Crippen molar-refractivity contribution in [3.8, 4) is 11.7 Å². The Hall–Kier alpha value is -2.00. The summed E-state index contributed by atoms with van der Waals surface area (Å²) in [5.74, 6) is 0.449. The van der Waals surface area contributed by atoms with E-state index >= 15 is 0 Å². The van der Waals surface area contributed by atoms with E-state index in [1.165, 1.54) is 30.6 Å². The molecule has 0 amide bonds. The lowest BCUT2D eigenvalue weighted by atomic mass is 10.3. The minimum Gasteiger partial charge on any atom is -0.480 e. The molecule has 7 nitrogen and oxygen atoms in total. The van der Waals surface area contributed by atoms with Crippen LogP contribution in [-0.2, 0) is 0 Å². The van der Waals surface area contributed by atoms with Crippen LogP contribution in [0.25, 0.3) is 16.0 Å². The first kappa shape index (κ1) is 14.0. The lowest BCUT2D eigenvalue weighted by Gasteiger charge is -2.04. The predicted octanol–water partition coefficient (Wildman–Crippen LogP) is 1.61. The normalized spacial score (nSPS) is 11.0. The Labute approximate surface area is 130 Å². The fraction of sp³-hybridized carbons (Fsp3) is 0.167. The van der Waals surface area contributed by atoms with Crippen molar-refractivity contribution < 1.29 is 4.74 Å². The molecule has 0 saturated heterocycles. The molecule has 3 rings (SSSR count). The van der Waals surface area contributed by atoms with Gasteiger partial charge in [0.15, 0.2) is 5.82 Å². The number of halogens is 1. The Morgan fingerprint density at radius 2 is 2.10 bits per heavy atom. The topological polar surface area (TPSA) is 89.9 Å². The molecule has 0 radical (unpaired) electrons. The van der Waals surface area contributed by atoms with Crippen LogP contribution in [0.4, 0.5) is 0 Å². The van der Waals surface area contributed by atoms with Gasteiger partial charge in [0.2, 0.25) is 5.88 Å². The smallest absolute Gasteiger partial charge is 0.335 e. The van der Waals surface area contributed by atoms with Crippen molar-refractivity contribution in [2.75, 3.05) is 7.11 Å². The van der Waals surface area contributed by atoms with Gasteiger partial charge in [0.25, 0.3) is 5.56 Å². The quantitative estimate of drug-likeness (QED) is 0.741. The maximum Gasteiger partial charge on any atom is 0.335 e. The van der Waals surface area contributed by atoms with Crippen LogP contribution in [-0.4, -0.2) is 26.9 Å². The van der Waals surface area contributed by atoms with Crippen LogP contribution in [0.2, 0.25) is 0 Å². The Balaban J connectivity index is 2.34.